The van der Waals surface area contributed by atoms with E-state index in [2.05, 4.69) is 15.9 Å². The van der Waals surface area contributed by atoms with Crippen LogP contribution >= 0.6 is 15.9 Å². The van der Waals surface area contributed by atoms with E-state index in [-0.39, 0.29) is 18.2 Å². The highest BCUT2D eigenvalue weighted by atomic mass is 79.9. The number of carbonyl (C=O) groups is 2. The Labute approximate surface area is 155 Å². The molecular formula is C18H23BrFNO4. The summed E-state index contributed by atoms with van der Waals surface area (Å²) in [6.07, 6.45) is 0.472. The van der Waals surface area contributed by atoms with E-state index in [4.69, 9.17) is 4.74 Å². The number of carboxylic acids is 1. The first-order valence-electron chi connectivity index (χ1n) is 8.21. The van der Waals surface area contributed by atoms with Gasteiger partial charge in [0.05, 0.1) is 5.92 Å². The maximum absolute atomic E-state index is 13.2. The number of hydrogen-bond donors (Lipinski definition) is 1. The lowest BCUT2D eigenvalue weighted by Gasteiger charge is -2.25. The second-order valence-corrected chi connectivity index (χ2v) is 8.21. The van der Waals surface area contributed by atoms with E-state index in [9.17, 15) is 19.1 Å². The van der Waals surface area contributed by atoms with Crippen LogP contribution in [0.25, 0.3) is 0 Å². The van der Waals surface area contributed by atoms with Gasteiger partial charge in [-0.15, -0.1) is 0 Å². The van der Waals surface area contributed by atoms with Crippen molar-refractivity contribution in [3.05, 3.63) is 34.1 Å². The van der Waals surface area contributed by atoms with Gasteiger partial charge in [0.15, 0.2) is 0 Å². The van der Waals surface area contributed by atoms with Crippen LogP contribution in [0.5, 0.6) is 0 Å². The standard InChI is InChI=1S/C18H23BrFNO4/c1-18(2,3)25-17(24)21-7-6-12(10-21)14(16(22)23)8-11-4-5-13(20)9-15(11)19/h4-5,9,12,14H,6-8,10H2,1-3H3,(H,22,23)/t12-,14-/m0/s1. The van der Waals surface area contributed by atoms with Crippen LogP contribution in [0.1, 0.15) is 32.8 Å². The van der Waals surface area contributed by atoms with E-state index in [1.54, 1.807) is 31.7 Å². The van der Waals surface area contributed by atoms with Crippen molar-refractivity contribution < 1.29 is 23.8 Å². The van der Waals surface area contributed by atoms with Crippen molar-refractivity contribution in [2.45, 2.75) is 39.2 Å². The van der Waals surface area contributed by atoms with Crippen molar-refractivity contribution in [2.75, 3.05) is 13.1 Å². The minimum Gasteiger partial charge on any atom is -0.481 e. The molecule has 1 heterocycles. The van der Waals surface area contributed by atoms with Crippen LogP contribution in [0.3, 0.4) is 0 Å². The van der Waals surface area contributed by atoms with Gasteiger partial charge in [0.1, 0.15) is 11.4 Å². The first-order valence-corrected chi connectivity index (χ1v) is 9.01. The summed E-state index contributed by atoms with van der Waals surface area (Å²) in [6, 6.07) is 4.24. The number of rotatable bonds is 4. The lowest BCUT2D eigenvalue weighted by molar-refractivity contribution is -0.143. The fourth-order valence-electron chi connectivity index (χ4n) is 2.99. The van der Waals surface area contributed by atoms with Crippen molar-refractivity contribution in [1.29, 1.82) is 0 Å². The average molecular weight is 416 g/mol. The molecule has 25 heavy (non-hydrogen) atoms. The number of carbonyl (C=O) groups excluding carboxylic acids is 1. The lowest BCUT2D eigenvalue weighted by atomic mass is 9.86. The van der Waals surface area contributed by atoms with Gasteiger partial charge in [-0.05, 0) is 57.2 Å². The zero-order valence-corrected chi connectivity index (χ0v) is 16.2. The van der Waals surface area contributed by atoms with E-state index >= 15 is 0 Å². The number of nitrogens with zero attached hydrogens (tertiary/aromatic N) is 1. The molecule has 0 unspecified atom stereocenters. The Bertz CT molecular complexity index is 659. The Morgan fingerprint density at radius 3 is 2.68 bits per heavy atom. The van der Waals surface area contributed by atoms with Crippen molar-refractivity contribution in [2.24, 2.45) is 11.8 Å². The molecule has 2 atom stereocenters. The highest BCUT2D eigenvalue weighted by molar-refractivity contribution is 9.10. The van der Waals surface area contributed by atoms with Crippen molar-refractivity contribution in [3.63, 3.8) is 0 Å². The van der Waals surface area contributed by atoms with Crippen LogP contribution in [-0.2, 0) is 16.0 Å². The average Bonchev–Trinajstić information content (AvgIpc) is 2.94. The predicted octanol–water partition coefficient (Wildman–Crippen LogP) is 4.09. The van der Waals surface area contributed by atoms with Gasteiger partial charge in [-0.1, -0.05) is 22.0 Å². The Hall–Kier alpha value is -1.63. The molecule has 1 aromatic rings. The first kappa shape index (κ1) is 19.7. The fourth-order valence-corrected chi connectivity index (χ4v) is 3.50. The summed E-state index contributed by atoms with van der Waals surface area (Å²) >= 11 is 3.28. The molecule has 7 heteroatoms. The van der Waals surface area contributed by atoms with Gasteiger partial charge < -0.3 is 14.7 Å². The molecule has 1 saturated heterocycles. The molecule has 1 amide bonds. The van der Waals surface area contributed by atoms with Gasteiger partial charge >= 0.3 is 12.1 Å². The van der Waals surface area contributed by atoms with Crippen LogP contribution in [0.15, 0.2) is 22.7 Å². The summed E-state index contributed by atoms with van der Waals surface area (Å²) in [6.45, 7) is 6.22. The molecule has 138 valence electrons. The third-order valence-corrected chi connectivity index (χ3v) is 4.96. The minimum atomic E-state index is -0.910. The first-order chi connectivity index (χ1) is 11.6. The van der Waals surface area contributed by atoms with Crippen molar-refractivity contribution >= 4 is 28.0 Å². The molecular weight excluding hydrogens is 393 g/mol. The Kier molecular flexibility index (Phi) is 6.08. The molecule has 0 radical (unpaired) electrons. The molecule has 0 aromatic heterocycles. The molecule has 5 nitrogen and oxygen atoms in total. The quantitative estimate of drug-likeness (QED) is 0.803. The second-order valence-electron chi connectivity index (χ2n) is 7.36. The zero-order valence-electron chi connectivity index (χ0n) is 14.6. The van der Waals surface area contributed by atoms with Crippen molar-refractivity contribution in [1.82, 2.24) is 4.90 Å². The van der Waals surface area contributed by atoms with E-state index < -0.39 is 23.6 Å². The predicted molar refractivity (Wildman–Crippen MR) is 94.8 cm³/mol. The highest BCUT2D eigenvalue weighted by Crippen LogP contribution is 2.30. The van der Waals surface area contributed by atoms with Crippen LogP contribution in [0, 0.1) is 17.7 Å². The second kappa shape index (κ2) is 7.72. The van der Waals surface area contributed by atoms with E-state index in [1.807, 2.05) is 0 Å². The van der Waals surface area contributed by atoms with E-state index in [1.165, 1.54) is 12.1 Å². The summed E-state index contributed by atoms with van der Waals surface area (Å²) in [5, 5.41) is 9.63. The summed E-state index contributed by atoms with van der Waals surface area (Å²) in [7, 11) is 0. The molecule has 1 fully saturated rings. The Morgan fingerprint density at radius 1 is 1.44 bits per heavy atom. The molecule has 1 aliphatic heterocycles. The number of benzene rings is 1. The third kappa shape index (κ3) is 5.42. The van der Waals surface area contributed by atoms with Crippen molar-refractivity contribution in [3.8, 4) is 0 Å². The number of likely N-dealkylation sites (tertiary alicyclic amines) is 1. The van der Waals surface area contributed by atoms with Crippen LogP contribution in [0.2, 0.25) is 0 Å². The van der Waals surface area contributed by atoms with E-state index in [0.717, 1.165) is 5.56 Å². The zero-order chi connectivity index (χ0) is 18.8. The van der Waals surface area contributed by atoms with Crippen LogP contribution < -0.4 is 0 Å². The van der Waals surface area contributed by atoms with Crippen LogP contribution in [0.4, 0.5) is 9.18 Å². The summed E-state index contributed by atoms with van der Waals surface area (Å²) < 4.78 is 19.1. The van der Waals surface area contributed by atoms with Gasteiger partial charge in [0.2, 0.25) is 0 Å². The lowest BCUT2D eigenvalue weighted by Crippen LogP contribution is -2.36. The number of ether oxygens (including phenoxy) is 1. The molecule has 0 spiro atoms. The third-order valence-electron chi connectivity index (χ3n) is 4.22. The molecule has 0 bridgehead atoms. The fraction of sp³-hybridized carbons (Fsp3) is 0.556. The topological polar surface area (TPSA) is 66.8 Å². The van der Waals surface area contributed by atoms with Gasteiger partial charge in [-0.25, -0.2) is 9.18 Å². The molecule has 1 aliphatic rings. The van der Waals surface area contributed by atoms with Gasteiger partial charge in [0, 0.05) is 17.6 Å². The summed E-state index contributed by atoms with van der Waals surface area (Å²) in [5.41, 5.74) is 0.157. The van der Waals surface area contributed by atoms with Crippen LogP contribution in [-0.4, -0.2) is 40.8 Å². The maximum Gasteiger partial charge on any atom is 0.410 e. The summed E-state index contributed by atoms with van der Waals surface area (Å²) in [5.74, 6) is -2.09. The van der Waals surface area contributed by atoms with E-state index in [0.29, 0.717) is 24.0 Å². The number of carboxylic acid groups (broad SMARTS) is 1. The highest BCUT2D eigenvalue weighted by Gasteiger charge is 2.37. The Morgan fingerprint density at radius 2 is 2.12 bits per heavy atom. The molecule has 0 saturated carbocycles. The maximum atomic E-state index is 13.2. The molecule has 1 aromatic carbocycles. The summed E-state index contributed by atoms with van der Waals surface area (Å²) in [4.78, 5) is 25.5. The normalized spacial score (nSPS) is 18.9. The SMILES string of the molecule is CC(C)(C)OC(=O)N1CC[C@H]([C@H](Cc2ccc(F)cc2Br)C(=O)O)C1. The van der Waals surface area contributed by atoms with Gasteiger partial charge in [-0.3, -0.25) is 4.79 Å². The number of aliphatic carboxylic acids is 1. The molecule has 1 N–H and O–H groups in total. The number of halogens is 2. The number of hydrogen-bond acceptors (Lipinski definition) is 3. The smallest absolute Gasteiger partial charge is 0.410 e. The molecule has 0 aliphatic carbocycles. The molecule has 2 rings (SSSR count). The van der Waals surface area contributed by atoms with Gasteiger partial charge in [0.25, 0.3) is 0 Å². The number of amides is 1. The van der Waals surface area contributed by atoms with Gasteiger partial charge in [-0.2, -0.15) is 0 Å². The monoisotopic (exact) mass is 415 g/mol. The largest absolute Gasteiger partial charge is 0.481 e. The Balaban J connectivity index is 2.06. The minimum absolute atomic E-state index is 0.165.